The van der Waals surface area contributed by atoms with Crippen LogP contribution in [0.1, 0.15) is 16.1 Å². The highest BCUT2D eigenvalue weighted by molar-refractivity contribution is 6.03. The summed E-state index contributed by atoms with van der Waals surface area (Å²) in [6, 6.07) is 26.2. The number of nitrogens with one attached hydrogen (secondary N) is 2. The molecule has 1 amide bonds. The first-order valence-corrected chi connectivity index (χ1v) is 9.47. The Morgan fingerprint density at radius 2 is 1.47 bits per heavy atom. The van der Waals surface area contributed by atoms with Crippen LogP contribution in [0.25, 0.3) is 0 Å². The minimum absolute atomic E-state index is 0.275. The Kier molecular flexibility index (Phi) is 5.66. The molecule has 0 atom stereocenters. The highest BCUT2D eigenvalue weighted by atomic mass is 16.5. The Morgan fingerprint density at radius 3 is 2.20 bits per heavy atom. The van der Waals surface area contributed by atoms with Gasteiger partial charge in [-0.3, -0.25) is 4.79 Å². The van der Waals surface area contributed by atoms with Crippen LogP contribution in [0.4, 0.5) is 17.3 Å². The van der Waals surface area contributed by atoms with E-state index in [0.717, 1.165) is 22.7 Å². The lowest BCUT2D eigenvalue weighted by molar-refractivity contribution is 0.102. The van der Waals surface area contributed by atoms with Gasteiger partial charge in [-0.15, -0.1) is 0 Å². The third kappa shape index (κ3) is 4.99. The fourth-order valence-corrected chi connectivity index (χ4v) is 2.74. The monoisotopic (exact) mass is 396 g/mol. The molecule has 3 aromatic carbocycles. The highest BCUT2D eigenvalue weighted by Crippen LogP contribution is 2.23. The lowest BCUT2D eigenvalue weighted by Crippen LogP contribution is -2.14. The van der Waals surface area contributed by atoms with E-state index in [2.05, 4.69) is 20.6 Å². The van der Waals surface area contributed by atoms with Gasteiger partial charge in [-0.2, -0.15) is 0 Å². The molecule has 0 aliphatic carbocycles. The number of benzene rings is 3. The van der Waals surface area contributed by atoms with Gasteiger partial charge in [-0.05, 0) is 61.5 Å². The number of ether oxygens (including phenoxy) is 1. The maximum absolute atomic E-state index is 12.5. The number of para-hydroxylation sites is 1. The summed E-state index contributed by atoms with van der Waals surface area (Å²) in [7, 11) is 0. The number of hydrogen-bond donors (Lipinski definition) is 2. The average Bonchev–Trinajstić information content (AvgIpc) is 2.78. The number of amides is 1. The Balaban J connectivity index is 1.41. The Morgan fingerprint density at radius 1 is 0.800 bits per heavy atom. The van der Waals surface area contributed by atoms with Crippen molar-refractivity contribution < 1.29 is 9.53 Å². The summed E-state index contributed by atoms with van der Waals surface area (Å²) in [5.74, 6) is 1.53. The van der Waals surface area contributed by atoms with Gasteiger partial charge in [0.15, 0.2) is 0 Å². The molecule has 6 nitrogen and oxygen atoms in total. The van der Waals surface area contributed by atoms with Gasteiger partial charge < -0.3 is 15.4 Å². The van der Waals surface area contributed by atoms with E-state index in [9.17, 15) is 4.79 Å². The van der Waals surface area contributed by atoms with Crippen molar-refractivity contribution >= 4 is 23.2 Å². The number of hydrogen-bond acceptors (Lipinski definition) is 5. The van der Waals surface area contributed by atoms with Gasteiger partial charge in [0.05, 0.1) is 0 Å². The first-order valence-electron chi connectivity index (χ1n) is 9.47. The molecule has 2 N–H and O–H groups in total. The predicted octanol–water partition coefficient (Wildman–Crippen LogP) is 5.57. The number of aromatic nitrogens is 2. The number of carbonyl (C=O) groups is 1. The van der Waals surface area contributed by atoms with E-state index in [-0.39, 0.29) is 11.6 Å². The van der Waals surface area contributed by atoms with Gasteiger partial charge in [0, 0.05) is 17.6 Å². The Labute approximate surface area is 174 Å². The fraction of sp³-hybridized carbons (Fsp3) is 0.0417. The van der Waals surface area contributed by atoms with E-state index in [0.29, 0.717) is 11.6 Å². The predicted molar refractivity (Wildman–Crippen MR) is 117 cm³/mol. The molecule has 0 aliphatic heterocycles. The molecular weight excluding hydrogens is 376 g/mol. The summed E-state index contributed by atoms with van der Waals surface area (Å²) in [5.41, 5.74) is 2.90. The van der Waals surface area contributed by atoms with Crippen LogP contribution in [-0.4, -0.2) is 15.9 Å². The normalized spacial score (nSPS) is 10.3. The maximum atomic E-state index is 12.5. The molecule has 4 rings (SSSR count). The smallest absolute Gasteiger partial charge is 0.274 e. The molecule has 0 fully saturated rings. The van der Waals surface area contributed by atoms with Crippen LogP contribution >= 0.6 is 0 Å². The van der Waals surface area contributed by atoms with Crippen molar-refractivity contribution in [1.29, 1.82) is 0 Å². The van der Waals surface area contributed by atoms with Gasteiger partial charge in [-0.1, -0.05) is 35.9 Å². The molecule has 0 bridgehead atoms. The lowest BCUT2D eigenvalue weighted by atomic mass is 10.2. The van der Waals surface area contributed by atoms with E-state index < -0.39 is 0 Å². The van der Waals surface area contributed by atoms with Crippen LogP contribution in [0.15, 0.2) is 91.1 Å². The summed E-state index contributed by atoms with van der Waals surface area (Å²) in [5, 5.41) is 5.94. The second-order valence-corrected chi connectivity index (χ2v) is 6.65. The molecule has 4 aromatic rings. The first kappa shape index (κ1) is 19.1. The minimum atomic E-state index is -0.295. The second-order valence-electron chi connectivity index (χ2n) is 6.65. The number of aryl methyl sites for hydroxylation is 1. The van der Waals surface area contributed by atoms with Gasteiger partial charge in [-0.25, -0.2) is 9.97 Å². The van der Waals surface area contributed by atoms with E-state index in [1.165, 1.54) is 0 Å². The number of nitrogens with zero attached hydrogens (tertiary/aromatic N) is 2. The van der Waals surface area contributed by atoms with E-state index in [4.69, 9.17) is 4.74 Å². The molecule has 0 unspecified atom stereocenters. The van der Waals surface area contributed by atoms with E-state index in [1.807, 2.05) is 85.8 Å². The van der Waals surface area contributed by atoms with Gasteiger partial charge in [0.25, 0.3) is 5.91 Å². The fourth-order valence-electron chi connectivity index (χ4n) is 2.74. The molecule has 0 radical (unpaired) electrons. The summed E-state index contributed by atoms with van der Waals surface area (Å²) >= 11 is 0. The van der Waals surface area contributed by atoms with Crippen LogP contribution in [0.3, 0.4) is 0 Å². The van der Waals surface area contributed by atoms with Crippen LogP contribution in [0.5, 0.6) is 11.5 Å². The zero-order chi connectivity index (χ0) is 20.8. The zero-order valence-corrected chi connectivity index (χ0v) is 16.4. The van der Waals surface area contributed by atoms with Crippen LogP contribution in [0, 0.1) is 6.92 Å². The third-order valence-electron chi connectivity index (χ3n) is 4.29. The number of carbonyl (C=O) groups excluding carboxylic acids is 1. The quantitative estimate of drug-likeness (QED) is 0.445. The Hall–Kier alpha value is -4.19. The Bertz CT molecular complexity index is 1130. The molecular formula is C24H20N4O2. The molecule has 30 heavy (non-hydrogen) atoms. The highest BCUT2D eigenvalue weighted by Gasteiger charge is 2.09. The van der Waals surface area contributed by atoms with E-state index >= 15 is 0 Å². The minimum Gasteiger partial charge on any atom is -0.457 e. The molecule has 0 saturated heterocycles. The van der Waals surface area contributed by atoms with Crippen LogP contribution < -0.4 is 15.4 Å². The lowest BCUT2D eigenvalue weighted by Gasteiger charge is -2.09. The first-order chi connectivity index (χ1) is 14.7. The molecule has 1 aromatic heterocycles. The van der Waals surface area contributed by atoms with Crippen LogP contribution in [-0.2, 0) is 0 Å². The summed E-state index contributed by atoms with van der Waals surface area (Å²) in [6.45, 7) is 1.99. The van der Waals surface area contributed by atoms with Gasteiger partial charge in [0.1, 0.15) is 17.2 Å². The largest absolute Gasteiger partial charge is 0.457 e. The van der Waals surface area contributed by atoms with Crippen molar-refractivity contribution in [3.63, 3.8) is 0 Å². The molecule has 6 heteroatoms. The average molecular weight is 396 g/mol. The number of anilines is 3. The van der Waals surface area contributed by atoms with Crippen molar-refractivity contribution in [2.75, 3.05) is 10.6 Å². The molecule has 0 saturated carbocycles. The van der Waals surface area contributed by atoms with Crippen molar-refractivity contribution in [2.45, 2.75) is 6.92 Å². The summed E-state index contributed by atoms with van der Waals surface area (Å²) in [4.78, 5) is 21.0. The van der Waals surface area contributed by atoms with Crippen molar-refractivity contribution in [2.24, 2.45) is 0 Å². The van der Waals surface area contributed by atoms with Crippen LogP contribution in [0.2, 0.25) is 0 Å². The second kappa shape index (κ2) is 8.87. The third-order valence-corrected chi connectivity index (χ3v) is 4.29. The maximum Gasteiger partial charge on any atom is 0.274 e. The molecule has 1 heterocycles. The standard InChI is InChI=1S/C24H20N4O2/c1-17-7-9-18(10-8-17)26-23(29)22-15-16-25-24(28-22)27-19-11-13-21(14-12-19)30-20-5-3-2-4-6-20/h2-16H,1H3,(H,26,29)(H,25,27,28). The topological polar surface area (TPSA) is 76.1 Å². The zero-order valence-electron chi connectivity index (χ0n) is 16.4. The SMILES string of the molecule is Cc1ccc(NC(=O)c2ccnc(Nc3ccc(Oc4ccccc4)cc3)n2)cc1. The number of rotatable bonds is 6. The van der Waals surface area contributed by atoms with Crippen molar-refractivity contribution in [1.82, 2.24) is 9.97 Å². The molecule has 148 valence electrons. The van der Waals surface area contributed by atoms with Gasteiger partial charge in [0.2, 0.25) is 5.95 Å². The molecule has 0 aliphatic rings. The molecule has 0 spiro atoms. The summed E-state index contributed by atoms with van der Waals surface area (Å²) in [6.07, 6.45) is 1.55. The van der Waals surface area contributed by atoms with Crippen molar-refractivity contribution in [3.8, 4) is 11.5 Å². The summed E-state index contributed by atoms with van der Waals surface area (Å²) < 4.78 is 5.79. The van der Waals surface area contributed by atoms with E-state index in [1.54, 1.807) is 12.3 Å². The van der Waals surface area contributed by atoms with Gasteiger partial charge >= 0.3 is 0 Å². The van der Waals surface area contributed by atoms with Crippen molar-refractivity contribution in [3.05, 3.63) is 102 Å².